The largest absolute Gasteiger partial charge is 0.496 e. The summed E-state index contributed by atoms with van der Waals surface area (Å²) in [5, 5.41) is 0. The summed E-state index contributed by atoms with van der Waals surface area (Å²) in [6, 6.07) is 7.95. The molecular weight excluding hydrogens is 376 g/mol. The third kappa shape index (κ3) is 3.77. The zero-order valence-corrected chi connectivity index (χ0v) is 17.0. The number of piperazine rings is 1. The zero-order chi connectivity index (χ0) is 17.2. The molecule has 0 bridgehead atoms. The van der Waals surface area contributed by atoms with Crippen molar-refractivity contribution in [1.82, 2.24) is 9.80 Å². The average Bonchev–Trinajstić information content (AvgIpc) is 3.11. The maximum atomic E-state index is 5.65. The Balaban J connectivity index is 1.58. The molecular formula is C21H31BrN2O. The van der Waals surface area contributed by atoms with Crippen LogP contribution in [0.3, 0.4) is 0 Å². The molecule has 1 aliphatic carbocycles. The van der Waals surface area contributed by atoms with Crippen LogP contribution < -0.4 is 4.74 Å². The average molecular weight is 407 g/mol. The SMILES string of the molecule is COc1ccc(Br)cc1CN1CCN2CCC[C@@H]2[C@H]1C1CCCCC1. The predicted molar refractivity (Wildman–Crippen MR) is 106 cm³/mol. The van der Waals surface area contributed by atoms with Crippen LogP contribution in [-0.4, -0.2) is 48.6 Å². The first-order valence-electron chi connectivity index (χ1n) is 10.1. The highest BCUT2D eigenvalue weighted by Crippen LogP contribution is 2.38. The standard InChI is InChI=1S/C21H31BrN2O/c1-25-20-10-9-18(22)14-17(20)15-24-13-12-23-11-5-8-19(23)21(24)16-6-3-2-4-7-16/h9-10,14,16,19,21H,2-8,11-13,15H2,1H3/t19-,21-/m1/s1. The maximum absolute atomic E-state index is 5.65. The predicted octanol–water partition coefficient (Wildman–Crippen LogP) is 4.69. The van der Waals surface area contributed by atoms with Crippen molar-refractivity contribution in [3.63, 3.8) is 0 Å². The van der Waals surface area contributed by atoms with E-state index in [1.807, 2.05) is 0 Å². The summed E-state index contributed by atoms with van der Waals surface area (Å²) >= 11 is 3.64. The van der Waals surface area contributed by atoms with E-state index in [2.05, 4.69) is 43.9 Å². The lowest BCUT2D eigenvalue weighted by Crippen LogP contribution is -2.59. The van der Waals surface area contributed by atoms with E-state index >= 15 is 0 Å². The molecule has 0 N–H and O–H groups in total. The molecule has 3 fully saturated rings. The third-order valence-corrected chi connectivity index (χ3v) is 7.15. The highest BCUT2D eigenvalue weighted by atomic mass is 79.9. The number of rotatable bonds is 4. The lowest BCUT2D eigenvalue weighted by atomic mass is 9.78. The molecule has 1 saturated carbocycles. The summed E-state index contributed by atoms with van der Waals surface area (Å²) < 4.78 is 6.80. The molecule has 138 valence electrons. The molecule has 3 nitrogen and oxygen atoms in total. The van der Waals surface area contributed by atoms with Crippen molar-refractivity contribution >= 4 is 15.9 Å². The number of halogens is 1. The third-order valence-electron chi connectivity index (χ3n) is 6.65. The molecule has 2 heterocycles. The summed E-state index contributed by atoms with van der Waals surface area (Å²) in [4.78, 5) is 5.58. The normalized spacial score (nSPS) is 28.9. The molecule has 0 amide bonds. The minimum absolute atomic E-state index is 0.736. The van der Waals surface area contributed by atoms with Crippen LogP contribution in [0.1, 0.15) is 50.5 Å². The molecule has 4 rings (SSSR count). The van der Waals surface area contributed by atoms with Crippen LogP contribution >= 0.6 is 15.9 Å². The van der Waals surface area contributed by atoms with E-state index in [4.69, 9.17) is 4.74 Å². The smallest absolute Gasteiger partial charge is 0.123 e. The van der Waals surface area contributed by atoms with E-state index in [-0.39, 0.29) is 0 Å². The Kier molecular flexibility index (Phi) is 5.68. The van der Waals surface area contributed by atoms with Crippen molar-refractivity contribution in [2.45, 2.75) is 63.6 Å². The van der Waals surface area contributed by atoms with Crippen LogP contribution in [0.4, 0.5) is 0 Å². The molecule has 25 heavy (non-hydrogen) atoms. The van der Waals surface area contributed by atoms with Crippen LogP contribution in [0, 0.1) is 5.92 Å². The zero-order valence-electron chi connectivity index (χ0n) is 15.4. The molecule has 2 atom stereocenters. The van der Waals surface area contributed by atoms with Gasteiger partial charge in [0.15, 0.2) is 0 Å². The van der Waals surface area contributed by atoms with E-state index in [0.717, 1.165) is 34.8 Å². The van der Waals surface area contributed by atoms with E-state index in [1.165, 1.54) is 70.1 Å². The number of fused-ring (bicyclic) bond motifs is 1. The van der Waals surface area contributed by atoms with Gasteiger partial charge in [0.25, 0.3) is 0 Å². The molecule has 2 aliphatic heterocycles. The van der Waals surface area contributed by atoms with E-state index in [0.29, 0.717) is 0 Å². The quantitative estimate of drug-likeness (QED) is 0.721. The van der Waals surface area contributed by atoms with Crippen LogP contribution in [-0.2, 0) is 6.54 Å². The fraction of sp³-hybridized carbons (Fsp3) is 0.714. The molecule has 1 aromatic rings. The lowest BCUT2D eigenvalue weighted by molar-refractivity contribution is -0.00412. The summed E-state index contributed by atoms with van der Waals surface area (Å²) in [6.45, 7) is 4.79. The lowest BCUT2D eigenvalue weighted by Gasteiger charge is -2.49. The van der Waals surface area contributed by atoms with E-state index in [9.17, 15) is 0 Å². The molecule has 1 aromatic carbocycles. The molecule has 0 radical (unpaired) electrons. The Labute approximate surface area is 160 Å². The highest BCUT2D eigenvalue weighted by Gasteiger charge is 2.43. The first-order valence-corrected chi connectivity index (χ1v) is 10.9. The minimum atomic E-state index is 0.736. The van der Waals surface area contributed by atoms with Crippen molar-refractivity contribution in [3.05, 3.63) is 28.2 Å². The van der Waals surface area contributed by atoms with Gasteiger partial charge < -0.3 is 4.74 Å². The second-order valence-corrected chi connectivity index (χ2v) is 8.98. The second kappa shape index (κ2) is 7.98. The van der Waals surface area contributed by atoms with E-state index < -0.39 is 0 Å². The molecule has 0 unspecified atom stereocenters. The van der Waals surface area contributed by atoms with Gasteiger partial charge in [0.1, 0.15) is 5.75 Å². The van der Waals surface area contributed by atoms with Gasteiger partial charge in [0.2, 0.25) is 0 Å². The Hall–Kier alpha value is -0.580. The topological polar surface area (TPSA) is 15.7 Å². The minimum Gasteiger partial charge on any atom is -0.496 e. The van der Waals surface area contributed by atoms with Crippen LogP contribution in [0.15, 0.2) is 22.7 Å². The summed E-state index contributed by atoms with van der Waals surface area (Å²) in [5.41, 5.74) is 1.32. The van der Waals surface area contributed by atoms with Gasteiger partial charge in [-0.15, -0.1) is 0 Å². The number of hydrogen-bond donors (Lipinski definition) is 0. The van der Waals surface area contributed by atoms with Gasteiger partial charge in [-0.05, 0) is 56.3 Å². The Bertz CT molecular complexity index is 587. The van der Waals surface area contributed by atoms with Crippen molar-refractivity contribution in [1.29, 1.82) is 0 Å². The first kappa shape index (κ1) is 17.8. The van der Waals surface area contributed by atoms with Gasteiger partial charge in [-0.25, -0.2) is 0 Å². The molecule has 4 heteroatoms. The molecule has 0 spiro atoms. The first-order chi connectivity index (χ1) is 12.3. The van der Waals surface area contributed by atoms with Crippen molar-refractivity contribution in [2.24, 2.45) is 5.92 Å². The summed E-state index contributed by atoms with van der Waals surface area (Å²) in [6.07, 6.45) is 9.96. The Morgan fingerprint density at radius 1 is 1.04 bits per heavy atom. The Morgan fingerprint density at radius 3 is 2.68 bits per heavy atom. The Morgan fingerprint density at radius 2 is 1.88 bits per heavy atom. The highest BCUT2D eigenvalue weighted by molar-refractivity contribution is 9.10. The summed E-state index contributed by atoms with van der Waals surface area (Å²) in [7, 11) is 1.79. The van der Waals surface area contributed by atoms with Gasteiger partial charge in [-0.2, -0.15) is 0 Å². The van der Waals surface area contributed by atoms with Crippen LogP contribution in [0.2, 0.25) is 0 Å². The van der Waals surface area contributed by atoms with Crippen molar-refractivity contribution < 1.29 is 4.74 Å². The van der Waals surface area contributed by atoms with Gasteiger partial charge in [-0.3, -0.25) is 9.80 Å². The molecule has 2 saturated heterocycles. The number of hydrogen-bond acceptors (Lipinski definition) is 3. The van der Waals surface area contributed by atoms with Gasteiger partial charge >= 0.3 is 0 Å². The summed E-state index contributed by atoms with van der Waals surface area (Å²) in [5.74, 6) is 1.91. The number of ether oxygens (including phenoxy) is 1. The number of benzene rings is 1. The van der Waals surface area contributed by atoms with Gasteiger partial charge in [-0.1, -0.05) is 35.2 Å². The van der Waals surface area contributed by atoms with Crippen LogP contribution in [0.25, 0.3) is 0 Å². The number of nitrogens with zero attached hydrogens (tertiary/aromatic N) is 2. The van der Waals surface area contributed by atoms with Crippen molar-refractivity contribution in [2.75, 3.05) is 26.7 Å². The van der Waals surface area contributed by atoms with Crippen molar-refractivity contribution in [3.8, 4) is 5.75 Å². The molecule has 0 aromatic heterocycles. The van der Waals surface area contributed by atoms with Crippen LogP contribution in [0.5, 0.6) is 5.75 Å². The monoisotopic (exact) mass is 406 g/mol. The fourth-order valence-electron chi connectivity index (χ4n) is 5.53. The fourth-order valence-corrected chi connectivity index (χ4v) is 5.94. The van der Waals surface area contributed by atoms with Gasteiger partial charge in [0.05, 0.1) is 7.11 Å². The second-order valence-electron chi connectivity index (χ2n) is 8.06. The molecule has 3 aliphatic rings. The maximum Gasteiger partial charge on any atom is 0.123 e. The van der Waals surface area contributed by atoms with Gasteiger partial charge in [0, 0.05) is 41.8 Å². The van der Waals surface area contributed by atoms with E-state index in [1.54, 1.807) is 7.11 Å². The number of methoxy groups -OCH3 is 1.